The Balaban J connectivity index is 1.93. The van der Waals surface area contributed by atoms with Gasteiger partial charge in [-0.15, -0.1) is 0 Å². The number of aromatic nitrogens is 2. The second kappa shape index (κ2) is 4.70. The van der Waals surface area contributed by atoms with Crippen LogP contribution in [0.15, 0.2) is 18.2 Å². The van der Waals surface area contributed by atoms with Gasteiger partial charge in [0.15, 0.2) is 5.69 Å². The summed E-state index contributed by atoms with van der Waals surface area (Å²) in [5.74, 6) is -2.18. The van der Waals surface area contributed by atoms with E-state index in [2.05, 4.69) is 10.4 Å². The molecule has 1 aliphatic carbocycles. The molecule has 0 radical (unpaired) electrons. The van der Waals surface area contributed by atoms with Crippen LogP contribution in [0.1, 0.15) is 28.2 Å². The van der Waals surface area contributed by atoms with Crippen molar-refractivity contribution < 1.29 is 13.6 Å². The summed E-state index contributed by atoms with van der Waals surface area (Å²) >= 11 is 0. The van der Waals surface area contributed by atoms with Gasteiger partial charge in [-0.25, -0.2) is 8.78 Å². The lowest BCUT2D eigenvalue weighted by molar-refractivity contribution is 0.101. The molecule has 1 N–H and O–H groups in total. The molecule has 0 atom stereocenters. The molecule has 4 nitrogen and oxygen atoms in total. The highest BCUT2D eigenvalue weighted by Crippen LogP contribution is 2.26. The number of carbonyl (C=O) groups excluding carboxylic acids is 1. The zero-order chi connectivity index (χ0) is 14.3. The molecule has 1 aliphatic rings. The zero-order valence-electron chi connectivity index (χ0n) is 10.9. The molecule has 0 saturated heterocycles. The molecule has 1 aromatic heterocycles. The maximum absolute atomic E-state index is 13.5. The van der Waals surface area contributed by atoms with Gasteiger partial charge < -0.3 is 5.32 Å². The number of para-hydroxylation sites is 1. The first-order valence-corrected chi connectivity index (χ1v) is 6.38. The summed E-state index contributed by atoms with van der Waals surface area (Å²) in [5, 5.41) is 6.42. The minimum Gasteiger partial charge on any atom is -0.316 e. The number of carbonyl (C=O) groups is 1. The molecule has 6 heteroatoms. The summed E-state index contributed by atoms with van der Waals surface area (Å²) < 4.78 is 28.7. The molecule has 1 aromatic carbocycles. The highest BCUT2D eigenvalue weighted by Gasteiger charge is 2.26. The van der Waals surface area contributed by atoms with Crippen molar-refractivity contribution in [3.8, 4) is 0 Å². The normalized spacial score (nSPS) is 13.3. The third-order valence-corrected chi connectivity index (χ3v) is 3.53. The first kappa shape index (κ1) is 12.8. The molecule has 3 rings (SSSR count). The van der Waals surface area contributed by atoms with E-state index in [0.29, 0.717) is 0 Å². The summed E-state index contributed by atoms with van der Waals surface area (Å²) in [6.45, 7) is 0. The fourth-order valence-corrected chi connectivity index (χ4v) is 2.58. The smallest absolute Gasteiger partial charge is 0.276 e. The predicted octanol–water partition coefficient (Wildman–Crippen LogP) is 2.44. The molecular formula is C14H13F2N3O. The van der Waals surface area contributed by atoms with Crippen molar-refractivity contribution in [3.05, 3.63) is 46.8 Å². The van der Waals surface area contributed by atoms with Gasteiger partial charge in [-0.2, -0.15) is 5.10 Å². The maximum atomic E-state index is 13.5. The molecule has 20 heavy (non-hydrogen) atoms. The van der Waals surface area contributed by atoms with E-state index >= 15 is 0 Å². The lowest BCUT2D eigenvalue weighted by Crippen LogP contribution is -2.16. The van der Waals surface area contributed by atoms with Gasteiger partial charge in [-0.1, -0.05) is 6.07 Å². The number of fused-ring (bicyclic) bond motifs is 1. The van der Waals surface area contributed by atoms with Crippen LogP contribution in [0.25, 0.3) is 0 Å². The van der Waals surface area contributed by atoms with Crippen LogP contribution >= 0.6 is 0 Å². The molecule has 0 unspecified atom stereocenters. The quantitative estimate of drug-likeness (QED) is 0.916. The van der Waals surface area contributed by atoms with Crippen LogP contribution in [0.3, 0.4) is 0 Å². The molecule has 1 heterocycles. The summed E-state index contributed by atoms with van der Waals surface area (Å²) in [6, 6.07) is 3.45. The van der Waals surface area contributed by atoms with E-state index in [0.717, 1.165) is 42.7 Å². The molecule has 0 bridgehead atoms. The van der Waals surface area contributed by atoms with Crippen molar-refractivity contribution in [2.75, 3.05) is 5.32 Å². The molecule has 0 spiro atoms. The van der Waals surface area contributed by atoms with Crippen molar-refractivity contribution in [1.29, 1.82) is 0 Å². The molecule has 2 aromatic rings. The van der Waals surface area contributed by atoms with E-state index in [9.17, 15) is 13.6 Å². The van der Waals surface area contributed by atoms with Crippen LogP contribution in [-0.4, -0.2) is 15.7 Å². The molecule has 0 aliphatic heterocycles. The van der Waals surface area contributed by atoms with Crippen molar-refractivity contribution in [1.82, 2.24) is 9.78 Å². The Morgan fingerprint density at radius 1 is 1.30 bits per heavy atom. The Hall–Kier alpha value is -2.24. The fraction of sp³-hybridized carbons (Fsp3) is 0.286. The number of nitrogens with zero attached hydrogens (tertiary/aromatic N) is 2. The number of halogens is 2. The second-order valence-electron chi connectivity index (χ2n) is 4.80. The summed E-state index contributed by atoms with van der Waals surface area (Å²) in [7, 11) is 1.77. The Morgan fingerprint density at radius 3 is 2.70 bits per heavy atom. The van der Waals surface area contributed by atoms with Gasteiger partial charge in [0, 0.05) is 18.3 Å². The van der Waals surface area contributed by atoms with Gasteiger partial charge >= 0.3 is 0 Å². The minimum atomic E-state index is -0.800. The average molecular weight is 277 g/mol. The first-order valence-electron chi connectivity index (χ1n) is 6.38. The third-order valence-electron chi connectivity index (χ3n) is 3.53. The van der Waals surface area contributed by atoms with E-state index in [1.54, 1.807) is 11.7 Å². The number of benzene rings is 1. The molecule has 104 valence electrons. The number of amides is 1. The minimum absolute atomic E-state index is 0.252. The van der Waals surface area contributed by atoms with E-state index in [-0.39, 0.29) is 5.69 Å². The van der Waals surface area contributed by atoms with Gasteiger partial charge in [0.25, 0.3) is 5.91 Å². The molecular weight excluding hydrogens is 264 g/mol. The number of rotatable bonds is 2. The summed E-state index contributed by atoms with van der Waals surface area (Å²) in [4.78, 5) is 12.2. The van der Waals surface area contributed by atoms with Crippen LogP contribution < -0.4 is 5.32 Å². The van der Waals surface area contributed by atoms with Crippen LogP contribution in [-0.2, 0) is 19.9 Å². The standard InChI is InChI=1S/C14H13F2N3O/c1-19-11-7-2-4-8(11)12(18-19)14(20)17-13-9(15)5-3-6-10(13)16/h3,5-6H,2,4,7H2,1H3,(H,17,20). The van der Waals surface area contributed by atoms with Crippen molar-refractivity contribution in [2.45, 2.75) is 19.3 Å². The molecule has 1 amide bonds. The monoisotopic (exact) mass is 277 g/mol. The third kappa shape index (κ3) is 1.97. The molecule has 0 fully saturated rings. The van der Waals surface area contributed by atoms with Crippen LogP contribution in [0, 0.1) is 11.6 Å². The van der Waals surface area contributed by atoms with E-state index in [1.807, 2.05) is 0 Å². The second-order valence-corrected chi connectivity index (χ2v) is 4.80. The van der Waals surface area contributed by atoms with Crippen molar-refractivity contribution >= 4 is 11.6 Å². The number of hydrogen-bond donors (Lipinski definition) is 1. The zero-order valence-corrected chi connectivity index (χ0v) is 10.9. The Morgan fingerprint density at radius 2 is 2.00 bits per heavy atom. The van der Waals surface area contributed by atoms with Crippen molar-refractivity contribution in [2.24, 2.45) is 7.05 Å². The summed E-state index contributed by atoms with van der Waals surface area (Å²) in [6.07, 6.45) is 2.61. The van der Waals surface area contributed by atoms with Crippen LogP contribution in [0.5, 0.6) is 0 Å². The predicted molar refractivity (Wildman–Crippen MR) is 69.5 cm³/mol. The highest BCUT2D eigenvalue weighted by molar-refractivity contribution is 6.04. The van der Waals surface area contributed by atoms with Gasteiger partial charge in [0.2, 0.25) is 0 Å². The Labute approximate surface area is 114 Å². The van der Waals surface area contributed by atoms with Gasteiger partial charge in [-0.05, 0) is 31.4 Å². The highest BCUT2D eigenvalue weighted by atomic mass is 19.1. The Bertz CT molecular complexity index is 674. The summed E-state index contributed by atoms with van der Waals surface area (Å²) in [5.41, 5.74) is 1.71. The lowest BCUT2D eigenvalue weighted by atomic mass is 10.2. The average Bonchev–Trinajstić information content (AvgIpc) is 2.98. The van der Waals surface area contributed by atoms with E-state index in [4.69, 9.17) is 0 Å². The Kier molecular flexibility index (Phi) is 3.00. The molecule has 0 saturated carbocycles. The maximum Gasteiger partial charge on any atom is 0.276 e. The van der Waals surface area contributed by atoms with Gasteiger partial charge in [0.1, 0.15) is 17.3 Å². The van der Waals surface area contributed by atoms with E-state index < -0.39 is 23.2 Å². The van der Waals surface area contributed by atoms with Crippen LogP contribution in [0.4, 0.5) is 14.5 Å². The van der Waals surface area contributed by atoms with Gasteiger partial charge in [0.05, 0.1) is 0 Å². The van der Waals surface area contributed by atoms with E-state index in [1.165, 1.54) is 6.07 Å². The number of anilines is 1. The number of aryl methyl sites for hydroxylation is 1. The lowest BCUT2D eigenvalue weighted by Gasteiger charge is -2.06. The SMILES string of the molecule is Cn1nc(C(=O)Nc2c(F)cccc2F)c2c1CCC2. The van der Waals surface area contributed by atoms with Crippen molar-refractivity contribution in [3.63, 3.8) is 0 Å². The fourth-order valence-electron chi connectivity index (χ4n) is 2.58. The number of nitrogens with one attached hydrogen (secondary N) is 1. The van der Waals surface area contributed by atoms with Crippen LogP contribution in [0.2, 0.25) is 0 Å². The number of hydrogen-bond acceptors (Lipinski definition) is 2. The topological polar surface area (TPSA) is 46.9 Å². The first-order chi connectivity index (χ1) is 9.58. The largest absolute Gasteiger partial charge is 0.316 e. The van der Waals surface area contributed by atoms with Gasteiger partial charge in [-0.3, -0.25) is 9.48 Å².